The van der Waals surface area contributed by atoms with Crippen molar-refractivity contribution in [3.63, 3.8) is 0 Å². The number of hydrogen-bond donors (Lipinski definition) is 1. The van der Waals surface area contributed by atoms with Crippen LogP contribution < -0.4 is 15.0 Å². The molecule has 0 radical (unpaired) electrons. The van der Waals surface area contributed by atoms with Crippen molar-refractivity contribution in [2.24, 2.45) is 0 Å². The summed E-state index contributed by atoms with van der Waals surface area (Å²) in [6, 6.07) is 8.11. The molecule has 0 saturated carbocycles. The van der Waals surface area contributed by atoms with E-state index in [1.807, 2.05) is 26.0 Å². The van der Waals surface area contributed by atoms with E-state index < -0.39 is 0 Å². The summed E-state index contributed by atoms with van der Waals surface area (Å²) < 4.78 is 5.93. The van der Waals surface area contributed by atoms with Gasteiger partial charge < -0.3 is 15.0 Å². The van der Waals surface area contributed by atoms with Crippen LogP contribution in [0.2, 0.25) is 0 Å². The standard InChI is InChI=1S/C14H15BrN4O.C2H6/c1-20-11-4-2-10(3-5-11)9-19-7-6-16-13-14(19)18-12(15)8-17-13;1-2/h2-5,8H,6-7,9H2,1H3,(H,16,17);1-2H3. The van der Waals surface area contributed by atoms with Gasteiger partial charge in [0.25, 0.3) is 0 Å². The molecular formula is C16H21BrN4O. The molecule has 1 aromatic heterocycles. The zero-order valence-electron chi connectivity index (χ0n) is 13.1. The summed E-state index contributed by atoms with van der Waals surface area (Å²) in [5, 5.41) is 3.27. The van der Waals surface area contributed by atoms with Gasteiger partial charge in [-0.05, 0) is 33.6 Å². The van der Waals surface area contributed by atoms with E-state index in [4.69, 9.17) is 4.74 Å². The third-order valence-corrected chi connectivity index (χ3v) is 3.61. The Morgan fingerprint density at radius 1 is 1.27 bits per heavy atom. The Kier molecular flexibility index (Phi) is 6.00. The summed E-state index contributed by atoms with van der Waals surface area (Å²) >= 11 is 3.38. The average molecular weight is 365 g/mol. The highest BCUT2D eigenvalue weighted by Gasteiger charge is 2.19. The summed E-state index contributed by atoms with van der Waals surface area (Å²) in [5.41, 5.74) is 1.22. The van der Waals surface area contributed by atoms with Gasteiger partial charge in [0.15, 0.2) is 11.6 Å². The second kappa shape index (κ2) is 7.98. The van der Waals surface area contributed by atoms with E-state index in [9.17, 15) is 0 Å². The highest BCUT2D eigenvalue weighted by molar-refractivity contribution is 9.10. The fourth-order valence-corrected chi connectivity index (χ4v) is 2.49. The van der Waals surface area contributed by atoms with Crippen LogP contribution >= 0.6 is 15.9 Å². The van der Waals surface area contributed by atoms with E-state index in [1.54, 1.807) is 13.3 Å². The first-order chi connectivity index (χ1) is 10.8. The van der Waals surface area contributed by atoms with Gasteiger partial charge in [0.1, 0.15) is 10.4 Å². The maximum absolute atomic E-state index is 5.18. The number of benzene rings is 1. The Hall–Kier alpha value is -1.82. The largest absolute Gasteiger partial charge is 0.497 e. The molecular weight excluding hydrogens is 344 g/mol. The van der Waals surface area contributed by atoms with Crippen molar-refractivity contribution in [1.29, 1.82) is 0 Å². The van der Waals surface area contributed by atoms with Crippen molar-refractivity contribution in [2.75, 3.05) is 30.4 Å². The number of halogens is 1. The average Bonchev–Trinajstić information content (AvgIpc) is 2.58. The number of aromatic nitrogens is 2. The maximum atomic E-state index is 5.18. The van der Waals surface area contributed by atoms with Crippen LogP contribution in [0.1, 0.15) is 19.4 Å². The SMILES string of the molecule is CC.COc1ccc(CN2CCNc3ncc(Br)nc32)cc1. The van der Waals surface area contributed by atoms with Crippen molar-refractivity contribution in [3.8, 4) is 5.75 Å². The van der Waals surface area contributed by atoms with Crippen LogP contribution in [0.3, 0.4) is 0 Å². The molecule has 0 atom stereocenters. The summed E-state index contributed by atoms with van der Waals surface area (Å²) in [6.07, 6.45) is 1.71. The lowest BCUT2D eigenvalue weighted by Gasteiger charge is -2.30. The normalized spacial score (nSPS) is 12.6. The molecule has 2 heterocycles. The highest BCUT2D eigenvalue weighted by atomic mass is 79.9. The number of ether oxygens (including phenoxy) is 1. The Bertz CT molecular complexity index is 604. The second-order valence-corrected chi connectivity index (χ2v) is 5.37. The van der Waals surface area contributed by atoms with E-state index in [0.29, 0.717) is 0 Å². The molecule has 1 aromatic carbocycles. The summed E-state index contributed by atoms with van der Waals surface area (Å²) in [4.78, 5) is 11.1. The van der Waals surface area contributed by atoms with Crippen LogP contribution in [-0.4, -0.2) is 30.2 Å². The zero-order chi connectivity index (χ0) is 15.9. The minimum Gasteiger partial charge on any atom is -0.497 e. The first-order valence-corrected chi connectivity index (χ1v) is 8.20. The smallest absolute Gasteiger partial charge is 0.173 e. The fourth-order valence-electron chi connectivity index (χ4n) is 2.22. The van der Waals surface area contributed by atoms with E-state index in [2.05, 4.69) is 48.2 Å². The van der Waals surface area contributed by atoms with E-state index >= 15 is 0 Å². The number of fused-ring (bicyclic) bond motifs is 1. The Morgan fingerprint density at radius 3 is 2.68 bits per heavy atom. The van der Waals surface area contributed by atoms with Gasteiger partial charge in [0.05, 0.1) is 13.3 Å². The van der Waals surface area contributed by atoms with Crippen molar-refractivity contribution in [3.05, 3.63) is 40.6 Å². The molecule has 3 rings (SSSR count). The van der Waals surface area contributed by atoms with Gasteiger partial charge in [-0.1, -0.05) is 26.0 Å². The van der Waals surface area contributed by atoms with Gasteiger partial charge in [-0.15, -0.1) is 0 Å². The lowest BCUT2D eigenvalue weighted by atomic mass is 10.2. The van der Waals surface area contributed by atoms with Crippen molar-refractivity contribution >= 4 is 27.6 Å². The van der Waals surface area contributed by atoms with Crippen LogP contribution in [0.5, 0.6) is 5.75 Å². The van der Waals surface area contributed by atoms with Crippen molar-refractivity contribution in [1.82, 2.24) is 9.97 Å². The van der Waals surface area contributed by atoms with Crippen LogP contribution in [0.15, 0.2) is 35.1 Å². The molecule has 1 aliphatic heterocycles. The molecule has 0 unspecified atom stereocenters. The molecule has 0 aliphatic carbocycles. The number of anilines is 2. The molecule has 0 bridgehead atoms. The predicted octanol–water partition coefficient (Wildman–Crippen LogP) is 3.71. The predicted molar refractivity (Wildman–Crippen MR) is 93.6 cm³/mol. The van der Waals surface area contributed by atoms with Gasteiger partial charge >= 0.3 is 0 Å². The molecule has 0 amide bonds. The molecule has 118 valence electrons. The minimum atomic E-state index is 0.750. The zero-order valence-corrected chi connectivity index (χ0v) is 14.7. The third kappa shape index (κ3) is 3.88. The van der Waals surface area contributed by atoms with E-state index in [0.717, 1.165) is 41.6 Å². The van der Waals surface area contributed by atoms with Crippen molar-refractivity contribution in [2.45, 2.75) is 20.4 Å². The van der Waals surface area contributed by atoms with Crippen LogP contribution in [0.25, 0.3) is 0 Å². The molecule has 1 N–H and O–H groups in total. The van der Waals surface area contributed by atoms with Gasteiger partial charge in [-0.25, -0.2) is 9.97 Å². The third-order valence-electron chi connectivity index (χ3n) is 3.23. The summed E-state index contributed by atoms with van der Waals surface area (Å²) in [5.74, 6) is 2.60. The number of methoxy groups -OCH3 is 1. The number of rotatable bonds is 3. The summed E-state index contributed by atoms with van der Waals surface area (Å²) in [7, 11) is 1.68. The highest BCUT2D eigenvalue weighted by Crippen LogP contribution is 2.27. The van der Waals surface area contributed by atoms with Gasteiger partial charge in [-0.2, -0.15) is 0 Å². The molecule has 0 fully saturated rings. The molecule has 0 saturated heterocycles. The minimum absolute atomic E-state index is 0.750. The number of nitrogens with one attached hydrogen (secondary N) is 1. The van der Waals surface area contributed by atoms with Crippen LogP contribution in [-0.2, 0) is 6.54 Å². The van der Waals surface area contributed by atoms with Crippen LogP contribution in [0, 0.1) is 0 Å². The van der Waals surface area contributed by atoms with Gasteiger partial charge in [0.2, 0.25) is 0 Å². The number of hydrogen-bond acceptors (Lipinski definition) is 5. The van der Waals surface area contributed by atoms with E-state index in [1.165, 1.54) is 5.56 Å². The molecule has 5 nitrogen and oxygen atoms in total. The Labute approximate surface area is 139 Å². The maximum Gasteiger partial charge on any atom is 0.173 e. The first kappa shape index (κ1) is 16.5. The van der Waals surface area contributed by atoms with Gasteiger partial charge in [0, 0.05) is 19.6 Å². The molecule has 1 aliphatic rings. The lowest BCUT2D eigenvalue weighted by Crippen LogP contribution is -2.34. The van der Waals surface area contributed by atoms with Gasteiger partial charge in [-0.3, -0.25) is 0 Å². The monoisotopic (exact) mass is 364 g/mol. The fraction of sp³-hybridized carbons (Fsp3) is 0.375. The molecule has 6 heteroatoms. The summed E-state index contributed by atoms with van der Waals surface area (Å²) in [6.45, 7) is 6.59. The first-order valence-electron chi connectivity index (χ1n) is 7.40. The second-order valence-electron chi connectivity index (χ2n) is 4.56. The lowest BCUT2D eigenvalue weighted by molar-refractivity contribution is 0.414. The Balaban J connectivity index is 0.000000847. The Morgan fingerprint density at radius 2 is 2.00 bits per heavy atom. The van der Waals surface area contributed by atoms with Crippen molar-refractivity contribution < 1.29 is 4.74 Å². The topological polar surface area (TPSA) is 50.3 Å². The van der Waals surface area contributed by atoms with Crippen LogP contribution in [0.4, 0.5) is 11.6 Å². The molecule has 0 spiro atoms. The quantitative estimate of drug-likeness (QED) is 0.899. The molecule has 2 aromatic rings. The molecule has 22 heavy (non-hydrogen) atoms. The van der Waals surface area contributed by atoms with E-state index in [-0.39, 0.29) is 0 Å². The number of nitrogens with zero attached hydrogens (tertiary/aromatic N) is 3.